The molecule has 7 nitrogen and oxygen atoms in total. The van der Waals surface area contributed by atoms with Crippen LogP contribution in [0.3, 0.4) is 0 Å². The zero-order valence-corrected chi connectivity index (χ0v) is 16.7. The van der Waals surface area contributed by atoms with Gasteiger partial charge in [-0.15, -0.1) is 0 Å². The lowest BCUT2D eigenvalue weighted by Gasteiger charge is -2.26. The zero-order chi connectivity index (χ0) is 21.1. The topological polar surface area (TPSA) is 93.1 Å². The predicted octanol–water partition coefficient (Wildman–Crippen LogP) is 3.40. The van der Waals surface area contributed by atoms with E-state index in [0.717, 1.165) is 9.87 Å². The number of rotatable bonds is 6. The first kappa shape index (κ1) is 19.8. The minimum absolute atomic E-state index is 0.0733. The summed E-state index contributed by atoms with van der Waals surface area (Å²) in [4.78, 5) is 11.5. The molecule has 0 atom stereocenters. The fourth-order valence-corrected chi connectivity index (χ4v) is 4.74. The second kappa shape index (κ2) is 8.08. The highest BCUT2D eigenvalue weighted by Gasteiger charge is 2.30. The number of hydrogen-bond donors (Lipinski definition) is 1. The van der Waals surface area contributed by atoms with Crippen LogP contribution in [-0.4, -0.2) is 39.3 Å². The summed E-state index contributed by atoms with van der Waals surface area (Å²) < 4.78 is 38.9. The van der Waals surface area contributed by atoms with Gasteiger partial charge in [-0.2, -0.15) is 0 Å². The number of benzene rings is 3. The lowest BCUT2D eigenvalue weighted by atomic mass is 10.0. The van der Waals surface area contributed by atoms with Gasteiger partial charge in [0.1, 0.15) is 19.8 Å². The van der Waals surface area contributed by atoms with Gasteiger partial charge in [0.15, 0.2) is 11.5 Å². The average molecular weight is 425 g/mol. The van der Waals surface area contributed by atoms with E-state index in [1.54, 1.807) is 24.3 Å². The Balaban J connectivity index is 1.84. The molecule has 0 spiro atoms. The van der Waals surface area contributed by atoms with Crippen LogP contribution in [0.4, 0.5) is 5.69 Å². The predicted molar refractivity (Wildman–Crippen MR) is 111 cm³/mol. The highest BCUT2D eigenvalue weighted by molar-refractivity contribution is 7.92. The summed E-state index contributed by atoms with van der Waals surface area (Å²) in [6.07, 6.45) is 0. The van der Waals surface area contributed by atoms with Crippen LogP contribution >= 0.6 is 0 Å². The van der Waals surface area contributed by atoms with Crippen LogP contribution < -0.4 is 13.8 Å². The molecule has 0 fully saturated rings. The number of anilines is 1. The van der Waals surface area contributed by atoms with Crippen molar-refractivity contribution < 1.29 is 27.8 Å². The minimum Gasteiger partial charge on any atom is -0.486 e. The molecular formula is C22H19NO6S. The fraction of sp³-hybridized carbons (Fsp3) is 0.136. The maximum absolute atomic E-state index is 13.5. The average Bonchev–Trinajstić information content (AvgIpc) is 2.77. The van der Waals surface area contributed by atoms with Gasteiger partial charge in [0, 0.05) is 11.6 Å². The molecule has 4 rings (SSSR count). The van der Waals surface area contributed by atoms with E-state index in [1.165, 1.54) is 18.2 Å². The molecule has 0 bridgehead atoms. The number of nitrogens with zero attached hydrogens (tertiary/aromatic N) is 1. The molecule has 0 amide bonds. The van der Waals surface area contributed by atoms with Crippen molar-refractivity contribution in [3.63, 3.8) is 0 Å². The van der Waals surface area contributed by atoms with Crippen LogP contribution in [0.2, 0.25) is 0 Å². The molecule has 30 heavy (non-hydrogen) atoms. The first-order valence-electron chi connectivity index (χ1n) is 9.25. The number of hydrogen-bond acceptors (Lipinski definition) is 5. The third kappa shape index (κ3) is 3.81. The van der Waals surface area contributed by atoms with E-state index < -0.39 is 22.5 Å². The van der Waals surface area contributed by atoms with Crippen molar-refractivity contribution in [3.05, 3.63) is 72.8 Å². The van der Waals surface area contributed by atoms with E-state index in [-0.39, 0.29) is 10.6 Å². The van der Waals surface area contributed by atoms with Crippen LogP contribution in [0.15, 0.2) is 77.7 Å². The third-order valence-corrected chi connectivity index (χ3v) is 6.39. The molecule has 0 aromatic heterocycles. The highest BCUT2D eigenvalue weighted by Crippen LogP contribution is 2.37. The maximum atomic E-state index is 13.5. The van der Waals surface area contributed by atoms with Crippen molar-refractivity contribution in [1.29, 1.82) is 0 Å². The monoisotopic (exact) mass is 425 g/mol. The number of carboxylic acid groups (broad SMARTS) is 1. The van der Waals surface area contributed by atoms with E-state index in [2.05, 4.69) is 0 Å². The summed E-state index contributed by atoms with van der Waals surface area (Å²) in [5.74, 6) is -0.498. The molecule has 3 aromatic rings. The van der Waals surface area contributed by atoms with Crippen molar-refractivity contribution in [2.75, 3.05) is 24.1 Å². The van der Waals surface area contributed by atoms with Crippen molar-refractivity contribution in [1.82, 2.24) is 0 Å². The number of carboxylic acids is 1. The maximum Gasteiger partial charge on any atom is 0.324 e. The smallest absolute Gasteiger partial charge is 0.324 e. The van der Waals surface area contributed by atoms with Crippen molar-refractivity contribution in [2.45, 2.75) is 4.90 Å². The Hall–Kier alpha value is -3.52. The molecule has 0 saturated heterocycles. The second-order valence-corrected chi connectivity index (χ2v) is 8.46. The lowest BCUT2D eigenvalue weighted by Crippen LogP contribution is -2.36. The first-order chi connectivity index (χ1) is 14.5. The minimum atomic E-state index is -4.20. The zero-order valence-electron chi connectivity index (χ0n) is 15.9. The van der Waals surface area contributed by atoms with E-state index in [9.17, 15) is 18.3 Å². The largest absolute Gasteiger partial charge is 0.486 e. The Labute approximate surface area is 174 Å². The molecule has 0 radical (unpaired) electrons. The number of aliphatic carboxylic acids is 1. The van der Waals surface area contributed by atoms with Crippen molar-refractivity contribution in [3.8, 4) is 22.6 Å². The molecule has 1 aliphatic heterocycles. The number of para-hydroxylation sites is 1. The van der Waals surface area contributed by atoms with Gasteiger partial charge in [0.2, 0.25) is 0 Å². The van der Waals surface area contributed by atoms with Gasteiger partial charge in [-0.1, -0.05) is 48.5 Å². The van der Waals surface area contributed by atoms with Gasteiger partial charge in [-0.05, 0) is 23.8 Å². The van der Waals surface area contributed by atoms with Crippen LogP contribution in [0.25, 0.3) is 11.1 Å². The van der Waals surface area contributed by atoms with Crippen LogP contribution in [0.1, 0.15) is 0 Å². The van der Waals surface area contributed by atoms with Gasteiger partial charge in [0.05, 0.1) is 10.6 Å². The number of ether oxygens (including phenoxy) is 2. The summed E-state index contributed by atoms with van der Waals surface area (Å²) in [5.41, 5.74) is 1.67. The standard InChI is InChI=1S/C22H19NO6S/c24-22(25)15-23(19-9-5-4-8-18(19)16-6-2-1-3-7-16)30(26,27)17-10-11-20-21(14-17)29-13-12-28-20/h1-11,14H,12-13,15H2,(H,24,25). The van der Waals surface area contributed by atoms with E-state index >= 15 is 0 Å². The first-order valence-corrected chi connectivity index (χ1v) is 10.7. The fourth-order valence-electron chi connectivity index (χ4n) is 3.29. The van der Waals surface area contributed by atoms with E-state index in [0.29, 0.717) is 30.3 Å². The van der Waals surface area contributed by atoms with Gasteiger partial charge >= 0.3 is 5.97 Å². The normalized spacial score (nSPS) is 12.9. The number of fused-ring (bicyclic) bond motifs is 1. The Morgan fingerprint density at radius 1 is 0.900 bits per heavy atom. The quantitative estimate of drug-likeness (QED) is 0.651. The molecular weight excluding hydrogens is 406 g/mol. The van der Waals surface area contributed by atoms with Crippen molar-refractivity contribution in [2.24, 2.45) is 0 Å². The molecule has 0 aliphatic carbocycles. The lowest BCUT2D eigenvalue weighted by molar-refractivity contribution is -0.135. The Bertz CT molecular complexity index is 1180. The van der Waals surface area contributed by atoms with E-state index in [4.69, 9.17) is 9.47 Å². The summed E-state index contributed by atoms with van der Waals surface area (Å²) in [5, 5.41) is 9.46. The van der Waals surface area contributed by atoms with Crippen molar-refractivity contribution >= 4 is 21.7 Å². The van der Waals surface area contributed by atoms with Crippen LogP contribution in [0, 0.1) is 0 Å². The Kier molecular flexibility index (Phi) is 5.33. The van der Waals surface area contributed by atoms with E-state index in [1.807, 2.05) is 30.3 Å². The molecule has 0 saturated carbocycles. The SMILES string of the molecule is O=C(O)CN(c1ccccc1-c1ccccc1)S(=O)(=O)c1ccc2c(c1)OCCO2. The van der Waals surface area contributed by atoms with Gasteiger partial charge < -0.3 is 14.6 Å². The molecule has 3 aromatic carbocycles. The molecule has 1 heterocycles. The molecule has 154 valence electrons. The summed E-state index contributed by atoms with van der Waals surface area (Å²) in [6.45, 7) is -0.0263. The Morgan fingerprint density at radius 2 is 1.57 bits per heavy atom. The number of sulfonamides is 1. The summed E-state index contributed by atoms with van der Waals surface area (Å²) >= 11 is 0. The molecule has 1 N–H and O–H groups in total. The van der Waals surface area contributed by atoms with Gasteiger partial charge in [-0.3, -0.25) is 9.10 Å². The molecule has 0 unspecified atom stereocenters. The van der Waals surface area contributed by atoms with Crippen LogP contribution in [0.5, 0.6) is 11.5 Å². The van der Waals surface area contributed by atoms with Gasteiger partial charge in [0.25, 0.3) is 10.0 Å². The molecule has 8 heteroatoms. The summed E-state index contributed by atoms with van der Waals surface area (Å²) in [7, 11) is -4.20. The second-order valence-electron chi connectivity index (χ2n) is 6.59. The van der Waals surface area contributed by atoms with Crippen LogP contribution in [-0.2, 0) is 14.8 Å². The summed E-state index contributed by atoms with van der Waals surface area (Å²) in [6, 6.07) is 20.3. The highest BCUT2D eigenvalue weighted by atomic mass is 32.2. The van der Waals surface area contributed by atoms with Gasteiger partial charge in [-0.25, -0.2) is 8.42 Å². The molecule has 1 aliphatic rings. The number of carbonyl (C=O) groups is 1. The third-order valence-electron chi connectivity index (χ3n) is 4.64. The Morgan fingerprint density at radius 3 is 2.30 bits per heavy atom.